The number of nitrogens with zero attached hydrogens (tertiary/aromatic N) is 3. The molecule has 0 spiro atoms. The maximum atomic E-state index is 5.74. The molecule has 0 saturated heterocycles. The second-order valence-electron chi connectivity index (χ2n) is 4.20. The summed E-state index contributed by atoms with van der Waals surface area (Å²) in [7, 11) is 3.47. The zero-order valence-corrected chi connectivity index (χ0v) is 13.9. The monoisotopic (exact) mass is 367 g/mol. The maximum Gasteiger partial charge on any atom is 0.216 e. The van der Waals surface area contributed by atoms with Gasteiger partial charge in [-0.2, -0.15) is 5.10 Å². The average Bonchev–Trinajstić information content (AvgIpc) is 2.48. The molecule has 0 aromatic carbocycles. The van der Waals surface area contributed by atoms with Crippen LogP contribution in [0.5, 0.6) is 5.88 Å². The number of hydrogen-bond acceptors (Lipinski definition) is 3. The first-order valence-electron chi connectivity index (χ1n) is 5.58. The van der Waals surface area contributed by atoms with Crippen molar-refractivity contribution in [2.24, 2.45) is 17.8 Å². The molecule has 0 saturated carbocycles. The van der Waals surface area contributed by atoms with E-state index in [-0.39, 0.29) is 30.0 Å². The van der Waals surface area contributed by atoms with Gasteiger partial charge in [-0.05, 0) is 20.8 Å². The Morgan fingerprint density at radius 3 is 2.67 bits per heavy atom. The largest absolute Gasteiger partial charge is 0.481 e. The highest BCUT2D eigenvalue weighted by molar-refractivity contribution is 14.0. The molecule has 0 fully saturated rings. The van der Waals surface area contributed by atoms with E-state index in [9.17, 15) is 0 Å². The smallest absolute Gasteiger partial charge is 0.216 e. The summed E-state index contributed by atoms with van der Waals surface area (Å²) < 4.78 is 6.98. The molecule has 18 heavy (non-hydrogen) atoms. The highest BCUT2D eigenvalue weighted by Gasteiger charge is 2.13. The Morgan fingerprint density at radius 1 is 1.56 bits per heavy atom. The van der Waals surface area contributed by atoms with Crippen molar-refractivity contribution in [1.29, 1.82) is 0 Å². The first kappa shape index (κ1) is 17.0. The minimum atomic E-state index is 0. The molecule has 0 aliphatic heterocycles. The van der Waals surface area contributed by atoms with Crippen LogP contribution in [0.15, 0.2) is 4.99 Å². The Morgan fingerprint density at radius 2 is 2.17 bits per heavy atom. The quantitative estimate of drug-likeness (QED) is 0.476. The third kappa shape index (κ3) is 4.35. The molecule has 0 bridgehead atoms. The predicted octanol–water partition coefficient (Wildman–Crippen LogP) is 1.17. The van der Waals surface area contributed by atoms with Crippen molar-refractivity contribution in [2.45, 2.75) is 33.4 Å². The number of aliphatic imine (C=N–C) groups is 1. The number of methoxy groups -OCH3 is 1. The van der Waals surface area contributed by atoms with E-state index < -0.39 is 0 Å². The van der Waals surface area contributed by atoms with Gasteiger partial charge in [0.05, 0.1) is 24.9 Å². The molecule has 0 amide bonds. The van der Waals surface area contributed by atoms with Crippen molar-refractivity contribution < 1.29 is 4.74 Å². The summed E-state index contributed by atoms with van der Waals surface area (Å²) in [6, 6.07) is 0.274. The van der Waals surface area contributed by atoms with Gasteiger partial charge in [0.1, 0.15) is 0 Å². The number of rotatable bonds is 4. The summed E-state index contributed by atoms with van der Waals surface area (Å²) in [5, 5.41) is 7.32. The molecule has 0 radical (unpaired) electrons. The molecule has 0 aliphatic rings. The van der Waals surface area contributed by atoms with E-state index in [2.05, 4.69) is 15.4 Å². The molecule has 1 aromatic rings. The Balaban J connectivity index is 0.00000289. The standard InChI is InChI=1S/C11H21N5O.HI/c1-7(2)14-11(12)13-6-9-8(3)15-16(4)10(9)17-5;/h7H,6H2,1-5H3,(H3,12,13,14);1H. The molecule has 1 rings (SSSR count). The number of hydrogen-bond donors (Lipinski definition) is 2. The van der Waals surface area contributed by atoms with Gasteiger partial charge in [-0.1, -0.05) is 0 Å². The van der Waals surface area contributed by atoms with E-state index in [1.807, 2.05) is 27.8 Å². The SMILES string of the molecule is COc1c(CN=C(N)NC(C)C)c(C)nn1C.I. The molecule has 1 aromatic heterocycles. The van der Waals surface area contributed by atoms with E-state index in [1.54, 1.807) is 11.8 Å². The van der Waals surface area contributed by atoms with Gasteiger partial charge in [0.2, 0.25) is 5.88 Å². The number of aryl methyl sites for hydroxylation is 2. The van der Waals surface area contributed by atoms with Crippen molar-refractivity contribution in [3.63, 3.8) is 0 Å². The number of nitrogens with one attached hydrogen (secondary N) is 1. The average molecular weight is 367 g/mol. The number of nitrogens with two attached hydrogens (primary N) is 1. The fourth-order valence-electron chi connectivity index (χ4n) is 1.62. The van der Waals surface area contributed by atoms with Gasteiger partial charge in [0.25, 0.3) is 0 Å². The third-order valence-electron chi connectivity index (χ3n) is 2.33. The lowest BCUT2D eigenvalue weighted by atomic mass is 10.2. The summed E-state index contributed by atoms with van der Waals surface area (Å²) in [4.78, 5) is 4.27. The fourth-order valence-corrected chi connectivity index (χ4v) is 1.62. The van der Waals surface area contributed by atoms with Crippen LogP contribution in [-0.2, 0) is 13.6 Å². The normalized spacial score (nSPS) is 11.3. The van der Waals surface area contributed by atoms with Crippen LogP contribution in [0.4, 0.5) is 0 Å². The van der Waals surface area contributed by atoms with Crippen LogP contribution in [0.1, 0.15) is 25.1 Å². The maximum absolute atomic E-state index is 5.74. The van der Waals surface area contributed by atoms with Crippen LogP contribution < -0.4 is 15.8 Å². The summed E-state index contributed by atoms with van der Waals surface area (Å²) in [6.45, 7) is 6.42. The third-order valence-corrected chi connectivity index (χ3v) is 2.33. The van der Waals surface area contributed by atoms with Crippen molar-refractivity contribution in [2.75, 3.05) is 7.11 Å². The number of guanidine groups is 1. The van der Waals surface area contributed by atoms with Gasteiger partial charge >= 0.3 is 0 Å². The molecule has 1 heterocycles. The summed E-state index contributed by atoms with van der Waals surface area (Å²) >= 11 is 0. The summed E-state index contributed by atoms with van der Waals surface area (Å²) in [6.07, 6.45) is 0. The first-order chi connectivity index (χ1) is 7.95. The number of aromatic nitrogens is 2. The van der Waals surface area contributed by atoms with E-state index >= 15 is 0 Å². The van der Waals surface area contributed by atoms with Gasteiger partial charge < -0.3 is 15.8 Å². The summed E-state index contributed by atoms with van der Waals surface area (Å²) in [5.41, 5.74) is 7.61. The number of halogens is 1. The van der Waals surface area contributed by atoms with E-state index in [4.69, 9.17) is 10.5 Å². The molecular weight excluding hydrogens is 345 g/mol. The Bertz CT molecular complexity index is 414. The topological polar surface area (TPSA) is 77.5 Å². The molecule has 104 valence electrons. The van der Waals surface area contributed by atoms with Crippen LogP contribution in [0.3, 0.4) is 0 Å². The van der Waals surface area contributed by atoms with Gasteiger partial charge in [-0.15, -0.1) is 24.0 Å². The van der Waals surface area contributed by atoms with E-state index in [1.165, 1.54) is 0 Å². The Labute approximate surface area is 125 Å². The Hall–Kier alpha value is -0.990. The van der Waals surface area contributed by atoms with Crippen LogP contribution >= 0.6 is 24.0 Å². The van der Waals surface area contributed by atoms with Crippen LogP contribution in [0.2, 0.25) is 0 Å². The highest BCUT2D eigenvalue weighted by Crippen LogP contribution is 2.21. The molecular formula is C11H22IN5O. The molecule has 0 atom stereocenters. The van der Waals surface area contributed by atoms with Crippen LogP contribution in [-0.4, -0.2) is 28.9 Å². The van der Waals surface area contributed by atoms with Crippen LogP contribution in [0, 0.1) is 6.92 Å². The van der Waals surface area contributed by atoms with Crippen molar-refractivity contribution in [1.82, 2.24) is 15.1 Å². The van der Waals surface area contributed by atoms with E-state index in [0.717, 1.165) is 17.1 Å². The highest BCUT2D eigenvalue weighted by atomic mass is 127. The lowest BCUT2D eigenvalue weighted by molar-refractivity contribution is 0.369. The molecule has 0 unspecified atom stereocenters. The van der Waals surface area contributed by atoms with Crippen molar-refractivity contribution in [3.8, 4) is 5.88 Å². The zero-order chi connectivity index (χ0) is 13.0. The lowest BCUT2D eigenvalue weighted by Crippen LogP contribution is -2.36. The zero-order valence-electron chi connectivity index (χ0n) is 11.5. The first-order valence-corrected chi connectivity index (χ1v) is 5.58. The fraction of sp³-hybridized carbons (Fsp3) is 0.636. The minimum Gasteiger partial charge on any atom is -0.481 e. The second kappa shape index (κ2) is 7.45. The Kier molecular flexibility index (Phi) is 7.04. The lowest BCUT2D eigenvalue weighted by Gasteiger charge is -2.08. The van der Waals surface area contributed by atoms with Gasteiger partial charge in [0.15, 0.2) is 5.96 Å². The predicted molar refractivity (Wildman–Crippen MR) is 83.5 cm³/mol. The van der Waals surface area contributed by atoms with Gasteiger partial charge in [0, 0.05) is 13.1 Å². The number of ether oxygens (including phenoxy) is 1. The molecule has 0 aliphatic carbocycles. The summed E-state index contributed by atoms with van der Waals surface area (Å²) in [5.74, 6) is 1.16. The van der Waals surface area contributed by atoms with Gasteiger partial charge in [-0.25, -0.2) is 9.67 Å². The second-order valence-corrected chi connectivity index (χ2v) is 4.20. The minimum absolute atomic E-state index is 0. The molecule has 3 N–H and O–H groups in total. The van der Waals surface area contributed by atoms with Crippen molar-refractivity contribution in [3.05, 3.63) is 11.3 Å². The molecule has 6 nitrogen and oxygen atoms in total. The van der Waals surface area contributed by atoms with Gasteiger partial charge in [-0.3, -0.25) is 0 Å². The van der Waals surface area contributed by atoms with E-state index in [0.29, 0.717) is 12.5 Å². The van der Waals surface area contributed by atoms with Crippen LogP contribution in [0.25, 0.3) is 0 Å². The van der Waals surface area contributed by atoms with Crippen molar-refractivity contribution >= 4 is 29.9 Å². The molecule has 7 heteroatoms.